The van der Waals surface area contributed by atoms with E-state index in [9.17, 15) is 14.4 Å². The molecule has 0 unspecified atom stereocenters. The van der Waals surface area contributed by atoms with Crippen LogP contribution in [0.3, 0.4) is 0 Å². The van der Waals surface area contributed by atoms with Crippen LogP contribution in [-0.4, -0.2) is 49.6 Å². The van der Waals surface area contributed by atoms with E-state index in [-0.39, 0.29) is 17.0 Å². The lowest BCUT2D eigenvalue weighted by Gasteiger charge is -2.18. The Hall–Kier alpha value is -4.74. The van der Waals surface area contributed by atoms with Crippen molar-refractivity contribution < 1.29 is 28.6 Å². The molecule has 0 fully saturated rings. The summed E-state index contributed by atoms with van der Waals surface area (Å²) >= 11 is 1.57. The first-order chi connectivity index (χ1) is 21.9. The minimum absolute atomic E-state index is 0.0607. The van der Waals surface area contributed by atoms with Gasteiger partial charge in [-0.05, 0) is 71.8 Å². The molecular weight excluding hydrogens is 592 g/mol. The summed E-state index contributed by atoms with van der Waals surface area (Å²) in [4.78, 5) is 45.4. The summed E-state index contributed by atoms with van der Waals surface area (Å²) in [5.74, 6) is -0.513. The number of nitrogens with one attached hydrogen (secondary N) is 2. The number of hydrogen-bond donors (Lipinski definition) is 3. The van der Waals surface area contributed by atoms with Crippen molar-refractivity contribution in [3.63, 3.8) is 0 Å². The molecule has 0 aliphatic carbocycles. The Morgan fingerprint density at radius 3 is 2.60 bits per heavy atom. The molecule has 4 aromatic rings. The summed E-state index contributed by atoms with van der Waals surface area (Å²) in [5, 5.41) is 7.80. The molecule has 10 nitrogen and oxygen atoms in total. The summed E-state index contributed by atoms with van der Waals surface area (Å²) < 4.78 is 17.2. The topological polar surface area (TPSA) is 142 Å². The number of aromatic nitrogens is 1. The lowest BCUT2D eigenvalue weighted by molar-refractivity contribution is 0.0594. The van der Waals surface area contributed by atoms with Gasteiger partial charge in [0.1, 0.15) is 17.2 Å². The van der Waals surface area contributed by atoms with Crippen LogP contribution in [0, 0.1) is 0 Å². The quantitative estimate of drug-likeness (QED) is 0.176. The average molecular weight is 629 g/mol. The zero-order valence-corrected chi connectivity index (χ0v) is 26.3. The molecular formula is C34H36N4O6S. The minimum atomic E-state index is -0.745. The first-order valence-corrected chi connectivity index (χ1v) is 15.8. The number of anilines is 1. The van der Waals surface area contributed by atoms with Gasteiger partial charge in [-0.2, -0.15) is 0 Å². The third-order valence-electron chi connectivity index (χ3n) is 7.31. The fourth-order valence-electron chi connectivity index (χ4n) is 5.03. The highest BCUT2D eigenvalue weighted by Crippen LogP contribution is 2.43. The van der Waals surface area contributed by atoms with Gasteiger partial charge in [0.05, 0.1) is 26.0 Å². The zero-order chi connectivity index (χ0) is 31.9. The van der Waals surface area contributed by atoms with Crippen LogP contribution in [0.1, 0.15) is 69.2 Å². The number of ether oxygens (including phenoxy) is 3. The molecule has 0 bridgehead atoms. The Labute approximate surface area is 265 Å². The normalized spacial score (nSPS) is 11.8. The van der Waals surface area contributed by atoms with E-state index in [0.29, 0.717) is 61.0 Å². The standard InChI is InChI=1S/C34H36N4O6S/c1-4-12-36-33(40)27-9-7-22(30(37-27)34(41)42-3)23-18-28-25(31-21(10-14-44-28)11-15-45-31)17-24(23)32(39)38-26-8-6-20(19-35)16-29(26)43-13-5-2/h6-9,11,15-18H,4-5,10,12-14,19,35H2,1-3H3,(H,36,40)(H,38,39). The maximum atomic E-state index is 14.2. The zero-order valence-electron chi connectivity index (χ0n) is 25.5. The van der Waals surface area contributed by atoms with Gasteiger partial charge in [-0.15, -0.1) is 11.3 Å². The first kappa shape index (κ1) is 31.7. The van der Waals surface area contributed by atoms with Gasteiger partial charge in [0.25, 0.3) is 11.8 Å². The second-order valence-corrected chi connectivity index (χ2v) is 11.4. The first-order valence-electron chi connectivity index (χ1n) is 14.9. The average Bonchev–Trinajstić information content (AvgIpc) is 3.47. The van der Waals surface area contributed by atoms with E-state index < -0.39 is 17.8 Å². The molecule has 1 aliphatic rings. The van der Waals surface area contributed by atoms with Crippen molar-refractivity contribution in [2.75, 3.05) is 32.2 Å². The van der Waals surface area contributed by atoms with Crippen molar-refractivity contribution in [3.8, 4) is 33.1 Å². The second-order valence-electron chi connectivity index (χ2n) is 10.4. The van der Waals surface area contributed by atoms with E-state index in [1.54, 1.807) is 35.6 Å². The number of rotatable bonds is 11. The lowest BCUT2D eigenvalue weighted by Crippen LogP contribution is -2.26. The largest absolute Gasteiger partial charge is 0.493 e. The van der Waals surface area contributed by atoms with E-state index in [1.165, 1.54) is 13.2 Å². The van der Waals surface area contributed by atoms with Gasteiger partial charge in [0, 0.05) is 46.6 Å². The SMILES string of the molecule is CCCNC(=O)c1ccc(-c2cc3c(cc2C(=O)Nc2ccc(CN)cc2OCCC)-c2sccc2CCO3)c(C(=O)OC)n1. The number of methoxy groups -OCH3 is 1. The van der Waals surface area contributed by atoms with Crippen LogP contribution < -0.4 is 25.8 Å². The van der Waals surface area contributed by atoms with E-state index in [1.807, 2.05) is 31.4 Å². The number of carbonyl (C=O) groups is 3. The maximum Gasteiger partial charge on any atom is 0.357 e. The van der Waals surface area contributed by atoms with Crippen LogP contribution in [0.2, 0.25) is 0 Å². The van der Waals surface area contributed by atoms with E-state index in [0.717, 1.165) is 34.4 Å². The molecule has 2 aromatic carbocycles. The Balaban J connectivity index is 1.67. The number of fused-ring (bicyclic) bond motifs is 3. The molecule has 5 rings (SSSR count). The lowest BCUT2D eigenvalue weighted by atomic mass is 9.93. The van der Waals surface area contributed by atoms with Gasteiger partial charge in [0.2, 0.25) is 0 Å². The number of esters is 1. The van der Waals surface area contributed by atoms with Gasteiger partial charge >= 0.3 is 5.97 Å². The number of pyridine rings is 1. The number of carbonyl (C=O) groups excluding carboxylic acids is 3. The highest BCUT2D eigenvalue weighted by atomic mass is 32.1. The molecule has 4 N–H and O–H groups in total. The van der Waals surface area contributed by atoms with Crippen molar-refractivity contribution in [2.24, 2.45) is 5.73 Å². The molecule has 0 radical (unpaired) electrons. The molecule has 0 spiro atoms. The number of nitrogens with zero attached hydrogens (tertiary/aromatic N) is 1. The Morgan fingerprint density at radius 2 is 1.84 bits per heavy atom. The van der Waals surface area contributed by atoms with Crippen LogP contribution in [0.4, 0.5) is 5.69 Å². The third kappa shape index (κ3) is 6.84. The molecule has 1 aliphatic heterocycles. The summed E-state index contributed by atoms with van der Waals surface area (Å²) in [6.07, 6.45) is 2.24. The van der Waals surface area contributed by atoms with Crippen molar-refractivity contribution >= 4 is 34.8 Å². The molecule has 2 amide bonds. The predicted molar refractivity (Wildman–Crippen MR) is 174 cm³/mol. The predicted octanol–water partition coefficient (Wildman–Crippen LogP) is 5.84. The van der Waals surface area contributed by atoms with Gasteiger partial charge in [-0.25, -0.2) is 9.78 Å². The van der Waals surface area contributed by atoms with Crippen LogP contribution in [0.5, 0.6) is 11.5 Å². The van der Waals surface area contributed by atoms with Gasteiger partial charge < -0.3 is 30.6 Å². The number of thiophene rings is 1. The fourth-order valence-corrected chi connectivity index (χ4v) is 6.01. The van der Waals surface area contributed by atoms with Crippen LogP contribution in [-0.2, 0) is 17.7 Å². The van der Waals surface area contributed by atoms with Crippen LogP contribution in [0.25, 0.3) is 21.6 Å². The highest BCUT2D eigenvalue weighted by Gasteiger charge is 2.27. The van der Waals surface area contributed by atoms with Gasteiger partial charge in [-0.1, -0.05) is 19.9 Å². The van der Waals surface area contributed by atoms with Gasteiger partial charge in [0.15, 0.2) is 5.69 Å². The van der Waals surface area contributed by atoms with Crippen molar-refractivity contribution in [3.05, 3.63) is 82.0 Å². The maximum absolute atomic E-state index is 14.2. The molecule has 45 heavy (non-hydrogen) atoms. The number of nitrogens with two attached hydrogens (primary N) is 1. The van der Waals surface area contributed by atoms with E-state index in [2.05, 4.69) is 21.7 Å². The van der Waals surface area contributed by atoms with Crippen molar-refractivity contribution in [1.29, 1.82) is 0 Å². The van der Waals surface area contributed by atoms with Crippen molar-refractivity contribution in [1.82, 2.24) is 10.3 Å². The molecule has 234 valence electrons. The van der Waals surface area contributed by atoms with Gasteiger partial charge in [-0.3, -0.25) is 9.59 Å². The van der Waals surface area contributed by atoms with E-state index >= 15 is 0 Å². The van der Waals surface area contributed by atoms with E-state index in [4.69, 9.17) is 19.9 Å². The number of hydrogen-bond acceptors (Lipinski definition) is 9. The summed E-state index contributed by atoms with van der Waals surface area (Å²) in [6, 6.07) is 14.1. The Morgan fingerprint density at radius 1 is 1.00 bits per heavy atom. The molecule has 0 saturated carbocycles. The number of amides is 2. The monoisotopic (exact) mass is 628 g/mol. The number of benzene rings is 2. The summed E-state index contributed by atoms with van der Waals surface area (Å²) in [6.45, 7) is 5.64. The molecule has 11 heteroatoms. The van der Waals surface area contributed by atoms with Crippen LogP contribution in [0.15, 0.2) is 53.9 Å². The summed E-state index contributed by atoms with van der Waals surface area (Å²) in [5.41, 5.74) is 10.1. The molecule has 3 heterocycles. The minimum Gasteiger partial charge on any atom is -0.493 e. The second kappa shape index (κ2) is 14.4. The third-order valence-corrected chi connectivity index (χ3v) is 8.30. The van der Waals surface area contributed by atoms with Crippen molar-refractivity contribution in [2.45, 2.75) is 39.7 Å². The Bertz CT molecular complexity index is 1730. The highest BCUT2D eigenvalue weighted by molar-refractivity contribution is 7.13. The summed E-state index contributed by atoms with van der Waals surface area (Å²) in [7, 11) is 1.24. The molecule has 0 saturated heterocycles. The molecule has 0 atom stereocenters. The smallest absolute Gasteiger partial charge is 0.357 e. The molecule has 2 aromatic heterocycles. The van der Waals surface area contributed by atoms with Crippen LogP contribution >= 0.6 is 11.3 Å². The Kier molecular flexibility index (Phi) is 10.1. The fraction of sp³-hybridized carbons (Fsp3) is 0.294.